The van der Waals surface area contributed by atoms with E-state index in [0.29, 0.717) is 12.3 Å². The van der Waals surface area contributed by atoms with Crippen molar-refractivity contribution in [2.24, 2.45) is 5.92 Å². The van der Waals surface area contributed by atoms with Crippen LogP contribution in [0.3, 0.4) is 0 Å². The van der Waals surface area contributed by atoms with Crippen LogP contribution in [-0.4, -0.2) is 11.2 Å². The van der Waals surface area contributed by atoms with Crippen molar-refractivity contribution in [1.29, 1.82) is 0 Å². The molecule has 17 heavy (non-hydrogen) atoms. The monoisotopic (exact) mass is 240 g/mol. The van der Waals surface area contributed by atoms with E-state index < -0.39 is 17.7 Å². The van der Waals surface area contributed by atoms with Crippen molar-refractivity contribution in [3.8, 4) is 0 Å². The van der Waals surface area contributed by atoms with Crippen LogP contribution in [0.5, 0.6) is 0 Å². The molecule has 1 N–H and O–H groups in total. The maximum absolute atomic E-state index is 13.4. The fourth-order valence-corrected chi connectivity index (χ4v) is 2.67. The summed E-state index contributed by atoms with van der Waals surface area (Å²) in [7, 11) is 0. The smallest absolute Gasteiger partial charge is 0.126 e. The molecule has 0 aromatic heterocycles. The van der Waals surface area contributed by atoms with E-state index in [9.17, 15) is 13.9 Å². The summed E-state index contributed by atoms with van der Waals surface area (Å²) < 4.78 is 26.3. The predicted octanol–water partition coefficient (Wildman–Crippen LogP) is 3.45. The molecule has 1 aromatic carbocycles. The Morgan fingerprint density at radius 2 is 1.94 bits per heavy atom. The van der Waals surface area contributed by atoms with Gasteiger partial charge in [-0.05, 0) is 36.1 Å². The lowest BCUT2D eigenvalue weighted by molar-refractivity contribution is 0.142. The maximum Gasteiger partial charge on any atom is 0.126 e. The number of halogens is 2. The van der Waals surface area contributed by atoms with Gasteiger partial charge in [-0.3, -0.25) is 0 Å². The lowest BCUT2D eigenvalue weighted by Gasteiger charge is -2.15. The van der Waals surface area contributed by atoms with Crippen LogP contribution >= 0.6 is 0 Å². The zero-order valence-electron chi connectivity index (χ0n) is 9.83. The number of benzene rings is 1. The Balaban J connectivity index is 1.92. The molecular weight excluding hydrogens is 222 g/mol. The van der Waals surface area contributed by atoms with Gasteiger partial charge in [0.2, 0.25) is 0 Å². The van der Waals surface area contributed by atoms with E-state index in [1.54, 1.807) is 0 Å². The van der Waals surface area contributed by atoms with Gasteiger partial charge >= 0.3 is 0 Å². The lowest BCUT2D eigenvalue weighted by atomic mass is 9.96. The minimum atomic E-state index is -0.561. The summed E-state index contributed by atoms with van der Waals surface area (Å²) in [6, 6.07) is 3.39. The van der Waals surface area contributed by atoms with E-state index in [0.717, 1.165) is 25.0 Å². The first-order valence-corrected chi connectivity index (χ1v) is 6.27. The van der Waals surface area contributed by atoms with Crippen molar-refractivity contribution in [2.45, 2.75) is 44.6 Å². The Morgan fingerprint density at radius 1 is 1.24 bits per heavy atom. The summed E-state index contributed by atoms with van der Waals surface area (Å²) in [4.78, 5) is 0. The van der Waals surface area contributed by atoms with Crippen LogP contribution in [0.15, 0.2) is 18.2 Å². The van der Waals surface area contributed by atoms with Crippen molar-refractivity contribution >= 4 is 0 Å². The van der Waals surface area contributed by atoms with Gasteiger partial charge in [0.1, 0.15) is 11.6 Å². The van der Waals surface area contributed by atoms with E-state index in [-0.39, 0.29) is 12.0 Å². The van der Waals surface area contributed by atoms with Gasteiger partial charge in [-0.2, -0.15) is 0 Å². The molecule has 0 radical (unpaired) electrons. The van der Waals surface area contributed by atoms with Crippen LogP contribution in [0.4, 0.5) is 8.78 Å². The molecule has 1 aliphatic carbocycles. The van der Waals surface area contributed by atoms with Gasteiger partial charge in [-0.1, -0.05) is 25.7 Å². The maximum atomic E-state index is 13.4. The van der Waals surface area contributed by atoms with Gasteiger partial charge in [0.05, 0.1) is 6.10 Å². The largest absolute Gasteiger partial charge is 0.393 e. The third-order valence-electron chi connectivity index (χ3n) is 3.54. The molecule has 1 unspecified atom stereocenters. The van der Waals surface area contributed by atoms with Crippen LogP contribution in [0.25, 0.3) is 0 Å². The molecule has 0 spiro atoms. The average Bonchev–Trinajstić information content (AvgIpc) is 2.76. The normalized spacial score (nSPS) is 18.5. The van der Waals surface area contributed by atoms with Gasteiger partial charge in [-0.15, -0.1) is 0 Å². The molecule has 1 fully saturated rings. The molecule has 0 aliphatic heterocycles. The highest BCUT2D eigenvalue weighted by atomic mass is 19.1. The predicted molar refractivity (Wildman–Crippen MR) is 62.6 cm³/mol. The molecule has 0 bridgehead atoms. The Kier molecular flexibility index (Phi) is 4.11. The number of aliphatic hydroxyl groups is 1. The number of aliphatic hydroxyl groups excluding tert-OH is 1. The van der Waals surface area contributed by atoms with Gasteiger partial charge in [0.15, 0.2) is 0 Å². The third kappa shape index (κ3) is 3.50. The Bertz CT molecular complexity index is 372. The Morgan fingerprint density at radius 3 is 2.65 bits per heavy atom. The zero-order chi connectivity index (χ0) is 12.3. The molecule has 94 valence electrons. The first kappa shape index (κ1) is 12.5. The second-order valence-electron chi connectivity index (χ2n) is 4.98. The number of hydrogen-bond acceptors (Lipinski definition) is 1. The second-order valence-corrected chi connectivity index (χ2v) is 4.98. The van der Waals surface area contributed by atoms with Gasteiger partial charge in [-0.25, -0.2) is 8.78 Å². The van der Waals surface area contributed by atoms with Crippen molar-refractivity contribution < 1.29 is 13.9 Å². The van der Waals surface area contributed by atoms with Crippen molar-refractivity contribution in [3.63, 3.8) is 0 Å². The summed E-state index contributed by atoms with van der Waals surface area (Å²) in [5, 5.41) is 9.89. The fourth-order valence-electron chi connectivity index (χ4n) is 2.67. The quantitative estimate of drug-likeness (QED) is 0.854. The summed E-state index contributed by atoms with van der Waals surface area (Å²) >= 11 is 0. The van der Waals surface area contributed by atoms with Crippen LogP contribution in [0, 0.1) is 17.6 Å². The molecular formula is C14H18F2O. The standard InChI is InChI=1S/C14H18F2O/c15-12-5-6-14(16)11(8-12)9-13(17)7-10-3-1-2-4-10/h5-6,8,10,13,17H,1-4,7,9H2. The molecule has 2 rings (SSSR count). The van der Waals surface area contributed by atoms with E-state index in [2.05, 4.69) is 0 Å². The minimum absolute atomic E-state index is 0.208. The van der Waals surface area contributed by atoms with Gasteiger partial charge in [0, 0.05) is 6.42 Å². The first-order chi connectivity index (χ1) is 8.15. The molecule has 3 heteroatoms. The van der Waals surface area contributed by atoms with Gasteiger partial charge < -0.3 is 5.11 Å². The summed E-state index contributed by atoms with van der Waals surface area (Å²) in [5.41, 5.74) is 0.274. The molecule has 0 saturated heterocycles. The topological polar surface area (TPSA) is 20.2 Å². The Hall–Kier alpha value is -0.960. The second kappa shape index (κ2) is 5.58. The van der Waals surface area contributed by atoms with E-state index in [1.165, 1.54) is 18.9 Å². The van der Waals surface area contributed by atoms with Crippen LogP contribution < -0.4 is 0 Å². The van der Waals surface area contributed by atoms with Crippen molar-refractivity contribution in [3.05, 3.63) is 35.4 Å². The zero-order valence-corrected chi connectivity index (χ0v) is 9.83. The van der Waals surface area contributed by atoms with Crippen LogP contribution in [0.1, 0.15) is 37.7 Å². The molecule has 1 aromatic rings. The summed E-state index contributed by atoms with van der Waals surface area (Å²) in [5.74, 6) is -0.326. The lowest BCUT2D eigenvalue weighted by Crippen LogP contribution is -2.15. The minimum Gasteiger partial charge on any atom is -0.393 e. The average molecular weight is 240 g/mol. The third-order valence-corrected chi connectivity index (χ3v) is 3.54. The highest BCUT2D eigenvalue weighted by molar-refractivity contribution is 5.19. The summed E-state index contributed by atoms with van der Waals surface area (Å²) in [6.07, 6.45) is 5.12. The fraction of sp³-hybridized carbons (Fsp3) is 0.571. The van der Waals surface area contributed by atoms with Crippen LogP contribution in [-0.2, 0) is 6.42 Å². The summed E-state index contributed by atoms with van der Waals surface area (Å²) in [6.45, 7) is 0. The van der Waals surface area contributed by atoms with Crippen molar-refractivity contribution in [2.75, 3.05) is 0 Å². The molecule has 1 saturated carbocycles. The number of hydrogen-bond donors (Lipinski definition) is 1. The SMILES string of the molecule is OC(Cc1cc(F)ccc1F)CC1CCCC1. The molecule has 0 heterocycles. The molecule has 1 nitrogen and oxygen atoms in total. The molecule has 1 aliphatic rings. The highest BCUT2D eigenvalue weighted by Crippen LogP contribution is 2.29. The van der Waals surface area contributed by atoms with Gasteiger partial charge in [0.25, 0.3) is 0 Å². The molecule has 1 atom stereocenters. The van der Waals surface area contributed by atoms with E-state index in [4.69, 9.17) is 0 Å². The number of rotatable bonds is 4. The Labute approximate surface area is 100 Å². The van der Waals surface area contributed by atoms with E-state index in [1.807, 2.05) is 0 Å². The molecule has 0 amide bonds. The van der Waals surface area contributed by atoms with Crippen molar-refractivity contribution in [1.82, 2.24) is 0 Å². The van der Waals surface area contributed by atoms with E-state index >= 15 is 0 Å². The first-order valence-electron chi connectivity index (χ1n) is 6.27. The van der Waals surface area contributed by atoms with Crippen LogP contribution in [0.2, 0.25) is 0 Å². The highest BCUT2D eigenvalue weighted by Gasteiger charge is 2.19.